The molecule has 0 aliphatic heterocycles. The van der Waals surface area contributed by atoms with Gasteiger partial charge in [0.2, 0.25) is 0 Å². The zero-order valence-corrected chi connectivity index (χ0v) is 16.3. The molecule has 11 heteroatoms. The van der Waals surface area contributed by atoms with Gasteiger partial charge in [0.25, 0.3) is 11.5 Å². The van der Waals surface area contributed by atoms with Gasteiger partial charge < -0.3 is 15.0 Å². The first-order valence-electron chi connectivity index (χ1n) is 9.29. The average Bonchev–Trinajstić information content (AvgIpc) is 3.26. The number of carbonyl (C=O) groups is 2. The van der Waals surface area contributed by atoms with E-state index in [4.69, 9.17) is 4.74 Å². The van der Waals surface area contributed by atoms with Crippen LogP contribution in [0.4, 0.5) is 5.82 Å². The molecule has 0 fully saturated rings. The Morgan fingerprint density at radius 2 is 1.94 bits per heavy atom. The zero-order valence-electron chi connectivity index (χ0n) is 16.3. The molecule has 0 spiro atoms. The number of hydrogen-bond donors (Lipinski definition) is 2. The van der Waals surface area contributed by atoms with Crippen LogP contribution < -0.4 is 10.9 Å². The summed E-state index contributed by atoms with van der Waals surface area (Å²) in [6.45, 7) is 1.61. The Morgan fingerprint density at radius 1 is 1.13 bits per heavy atom. The molecule has 0 aliphatic rings. The molecular formula is C20H17N7O4. The van der Waals surface area contributed by atoms with Crippen molar-refractivity contribution in [3.8, 4) is 0 Å². The Labute approximate surface area is 175 Å². The summed E-state index contributed by atoms with van der Waals surface area (Å²) >= 11 is 0. The Balaban J connectivity index is 1.45. The number of nitrogens with one attached hydrogen (secondary N) is 2. The van der Waals surface area contributed by atoms with Crippen molar-refractivity contribution >= 4 is 28.9 Å². The first-order valence-corrected chi connectivity index (χ1v) is 9.29. The molecule has 1 amide bonds. The number of imidazole rings is 1. The molecule has 31 heavy (non-hydrogen) atoms. The fraction of sp³-hybridized carbons (Fsp3) is 0.150. The summed E-state index contributed by atoms with van der Waals surface area (Å²) in [6.07, 6.45) is 1.54. The summed E-state index contributed by atoms with van der Waals surface area (Å²) in [5.74, 6) is -1.22. The van der Waals surface area contributed by atoms with Gasteiger partial charge in [0.05, 0.1) is 12.9 Å². The fourth-order valence-corrected chi connectivity index (χ4v) is 2.78. The third kappa shape index (κ3) is 4.45. The predicted octanol–water partition coefficient (Wildman–Crippen LogP) is 1.14. The summed E-state index contributed by atoms with van der Waals surface area (Å²) in [5, 5.41) is 6.63. The number of rotatable bonds is 6. The highest BCUT2D eigenvalue weighted by atomic mass is 16.5. The smallest absolute Gasteiger partial charge is 0.359 e. The number of amides is 1. The van der Waals surface area contributed by atoms with E-state index >= 15 is 0 Å². The van der Waals surface area contributed by atoms with Crippen LogP contribution in [0.1, 0.15) is 23.0 Å². The summed E-state index contributed by atoms with van der Waals surface area (Å²) in [5.41, 5.74) is 1.24. The van der Waals surface area contributed by atoms with Gasteiger partial charge >= 0.3 is 5.97 Å². The van der Waals surface area contributed by atoms with Gasteiger partial charge in [-0.1, -0.05) is 30.3 Å². The van der Waals surface area contributed by atoms with E-state index in [9.17, 15) is 14.4 Å². The Morgan fingerprint density at radius 3 is 2.74 bits per heavy atom. The number of aromatic nitrogens is 6. The second kappa shape index (κ2) is 8.53. The number of benzene rings is 1. The number of esters is 1. The standard InChI is InChI=1S/C20H17N7O4/c1-12(19(29)25-18-16-17(22-10-21-16)23-11-24-18)31-20(30)14-7-8-15(28)27(26-14)9-13-5-3-2-4-6-13/h2-8,10-12H,9H2,1H3,(H2,21,22,23,24,25,29)/t12-/m1/s1. The molecule has 3 heterocycles. The second-order valence-corrected chi connectivity index (χ2v) is 6.56. The highest BCUT2D eigenvalue weighted by Gasteiger charge is 2.22. The van der Waals surface area contributed by atoms with Crippen LogP contribution in [0.15, 0.2) is 59.9 Å². The monoisotopic (exact) mass is 419 g/mol. The number of H-pyrrole nitrogens is 1. The normalized spacial score (nSPS) is 11.8. The Bertz CT molecular complexity index is 1300. The van der Waals surface area contributed by atoms with Crippen molar-refractivity contribution in [3.63, 3.8) is 0 Å². The summed E-state index contributed by atoms with van der Waals surface area (Å²) in [6, 6.07) is 11.7. The van der Waals surface area contributed by atoms with Crippen molar-refractivity contribution in [1.82, 2.24) is 29.7 Å². The molecule has 0 saturated heterocycles. The number of anilines is 1. The van der Waals surface area contributed by atoms with Gasteiger partial charge in [0.1, 0.15) is 11.8 Å². The lowest BCUT2D eigenvalue weighted by Crippen LogP contribution is -2.32. The molecule has 2 N–H and O–H groups in total. The zero-order chi connectivity index (χ0) is 21.8. The Kier molecular flexibility index (Phi) is 5.47. The second-order valence-electron chi connectivity index (χ2n) is 6.56. The molecule has 156 valence electrons. The molecule has 0 radical (unpaired) electrons. The van der Waals surface area contributed by atoms with Gasteiger partial charge in [-0.05, 0) is 18.6 Å². The molecular weight excluding hydrogens is 402 g/mol. The van der Waals surface area contributed by atoms with E-state index in [1.165, 1.54) is 31.7 Å². The minimum absolute atomic E-state index is 0.0897. The van der Waals surface area contributed by atoms with Crippen LogP contribution in [0.3, 0.4) is 0 Å². The van der Waals surface area contributed by atoms with Crippen LogP contribution in [-0.4, -0.2) is 47.7 Å². The predicted molar refractivity (Wildman–Crippen MR) is 109 cm³/mol. The lowest BCUT2D eigenvalue weighted by atomic mass is 10.2. The van der Waals surface area contributed by atoms with Gasteiger partial charge in [-0.2, -0.15) is 5.10 Å². The van der Waals surface area contributed by atoms with Crippen LogP contribution in [0.2, 0.25) is 0 Å². The minimum Gasteiger partial charge on any atom is -0.448 e. The molecule has 0 bridgehead atoms. The molecule has 0 saturated carbocycles. The molecule has 1 aromatic carbocycles. The molecule has 3 aromatic heterocycles. The maximum atomic E-state index is 12.5. The third-order valence-corrected chi connectivity index (χ3v) is 4.37. The van der Waals surface area contributed by atoms with Gasteiger partial charge in [0, 0.05) is 6.07 Å². The number of fused-ring (bicyclic) bond motifs is 1. The number of aromatic amines is 1. The van der Waals surface area contributed by atoms with E-state index in [1.807, 2.05) is 30.3 Å². The molecule has 0 unspecified atom stereocenters. The fourth-order valence-electron chi connectivity index (χ4n) is 2.78. The minimum atomic E-state index is -1.14. The first kappa shape index (κ1) is 19.9. The Hall–Kier alpha value is -4.41. The van der Waals surface area contributed by atoms with Gasteiger partial charge in [-0.25, -0.2) is 24.4 Å². The molecule has 4 rings (SSSR count). The van der Waals surface area contributed by atoms with E-state index in [-0.39, 0.29) is 23.6 Å². The quantitative estimate of drug-likeness (QED) is 0.443. The highest BCUT2D eigenvalue weighted by molar-refractivity contribution is 6.00. The molecule has 0 aliphatic carbocycles. The van der Waals surface area contributed by atoms with Crippen LogP contribution in [0.5, 0.6) is 0 Å². The third-order valence-electron chi connectivity index (χ3n) is 4.37. The van der Waals surface area contributed by atoms with Crippen molar-refractivity contribution in [1.29, 1.82) is 0 Å². The van der Waals surface area contributed by atoms with Gasteiger partial charge in [-0.3, -0.25) is 9.59 Å². The van der Waals surface area contributed by atoms with E-state index < -0.39 is 18.0 Å². The van der Waals surface area contributed by atoms with Crippen LogP contribution in [-0.2, 0) is 16.1 Å². The number of ether oxygens (including phenoxy) is 1. The topological polar surface area (TPSA) is 145 Å². The van der Waals surface area contributed by atoms with Crippen LogP contribution in [0, 0.1) is 0 Å². The van der Waals surface area contributed by atoms with Gasteiger partial charge in [0.15, 0.2) is 23.3 Å². The van der Waals surface area contributed by atoms with Crippen LogP contribution in [0.25, 0.3) is 11.2 Å². The van der Waals surface area contributed by atoms with E-state index in [2.05, 4.69) is 30.4 Å². The molecule has 1 atom stereocenters. The molecule has 4 aromatic rings. The van der Waals surface area contributed by atoms with Crippen molar-refractivity contribution < 1.29 is 14.3 Å². The number of carbonyl (C=O) groups excluding carboxylic acids is 2. The first-order chi connectivity index (χ1) is 15.0. The SMILES string of the molecule is C[C@@H](OC(=O)c1ccc(=O)n(Cc2ccccc2)n1)C(=O)Nc1ncnc2nc[nH]c12. The van der Waals surface area contributed by atoms with E-state index in [0.29, 0.717) is 11.2 Å². The average molecular weight is 419 g/mol. The summed E-state index contributed by atoms with van der Waals surface area (Å²) in [7, 11) is 0. The molecule has 11 nitrogen and oxygen atoms in total. The van der Waals surface area contributed by atoms with E-state index in [1.54, 1.807) is 0 Å². The largest absolute Gasteiger partial charge is 0.448 e. The summed E-state index contributed by atoms with van der Waals surface area (Å²) in [4.78, 5) is 51.8. The maximum absolute atomic E-state index is 12.5. The van der Waals surface area contributed by atoms with Crippen molar-refractivity contribution in [3.05, 3.63) is 76.7 Å². The maximum Gasteiger partial charge on any atom is 0.359 e. The number of nitrogens with zero attached hydrogens (tertiary/aromatic N) is 5. The van der Waals surface area contributed by atoms with Crippen molar-refractivity contribution in [2.24, 2.45) is 0 Å². The van der Waals surface area contributed by atoms with Gasteiger partial charge in [-0.15, -0.1) is 0 Å². The van der Waals surface area contributed by atoms with Crippen molar-refractivity contribution in [2.45, 2.75) is 19.6 Å². The lowest BCUT2D eigenvalue weighted by Gasteiger charge is -2.13. The number of hydrogen-bond acceptors (Lipinski definition) is 8. The van der Waals surface area contributed by atoms with E-state index in [0.717, 1.165) is 10.2 Å². The summed E-state index contributed by atoms with van der Waals surface area (Å²) < 4.78 is 6.37. The van der Waals surface area contributed by atoms with Crippen molar-refractivity contribution in [2.75, 3.05) is 5.32 Å². The highest BCUT2D eigenvalue weighted by Crippen LogP contribution is 2.15. The lowest BCUT2D eigenvalue weighted by molar-refractivity contribution is -0.123. The van der Waals surface area contributed by atoms with Crippen LogP contribution >= 0.6 is 0 Å².